The second-order valence-electron chi connectivity index (χ2n) is 4.35. The highest BCUT2D eigenvalue weighted by Crippen LogP contribution is 2.19. The highest BCUT2D eigenvalue weighted by atomic mass is 16.5. The molecule has 0 aliphatic rings. The van der Waals surface area contributed by atoms with Crippen LogP contribution in [0.2, 0.25) is 0 Å². The second kappa shape index (κ2) is 6.73. The minimum atomic E-state index is -0.791. The van der Waals surface area contributed by atoms with Crippen LogP contribution >= 0.6 is 0 Å². The number of ether oxygens (including phenoxy) is 2. The van der Waals surface area contributed by atoms with Crippen LogP contribution in [-0.2, 0) is 16.1 Å². The van der Waals surface area contributed by atoms with Crippen molar-refractivity contribution >= 4 is 5.97 Å². The molecule has 0 saturated carbocycles. The monoisotopic (exact) mass is 271 g/mol. The van der Waals surface area contributed by atoms with Crippen LogP contribution in [0.1, 0.15) is 17.2 Å². The van der Waals surface area contributed by atoms with Gasteiger partial charge in [0.1, 0.15) is 18.4 Å². The Morgan fingerprint density at radius 2 is 1.90 bits per heavy atom. The van der Waals surface area contributed by atoms with Gasteiger partial charge in [-0.15, -0.1) is 0 Å². The summed E-state index contributed by atoms with van der Waals surface area (Å²) >= 11 is 0. The molecule has 0 bridgehead atoms. The average molecular weight is 271 g/mol. The first kappa shape index (κ1) is 14.1. The van der Waals surface area contributed by atoms with Crippen molar-refractivity contribution in [2.24, 2.45) is 5.73 Å². The molecule has 0 unspecified atom stereocenters. The van der Waals surface area contributed by atoms with Crippen molar-refractivity contribution in [3.63, 3.8) is 0 Å². The second-order valence-corrected chi connectivity index (χ2v) is 4.35. The zero-order chi connectivity index (χ0) is 14.4. The Morgan fingerprint density at radius 1 is 1.15 bits per heavy atom. The molecule has 2 aromatic rings. The summed E-state index contributed by atoms with van der Waals surface area (Å²) in [6.07, 6.45) is 0. The van der Waals surface area contributed by atoms with Crippen LogP contribution in [0.25, 0.3) is 0 Å². The van der Waals surface area contributed by atoms with Gasteiger partial charge in [-0.05, 0) is 23.3 Å². The Kier molecular flexibility index (Phi) is 4.74. The molecule has 0 saturated heterocycles. The van der Waals surface area contributed by atoms with E-state index in [-0.39, 0.29) is 0 Å². The number of carbonyl (C=O) groups excluding carboxylic acids is 1. The molecule has 0 aliphatic carbocycles. The maximum atomic E-state index is 11.4. The third-order valence-electron chi connectivity index (χ3n) is 2.92. The van der Waals surface area contributed by atoms with Gasteiger partial charge in [0, 0.05) is 0 Å². The fourth-order valence-corrected chi connectivity index (χ4v) is 1.80. The molecule has 104 valence electrons. The number of benzene rings is 2. The number of esters is 1. The highest BCUT2D eigenvalue weighted by molar-refractivity contribution is 5.77. The van der Waals surface area contributed by atoms with E-state index in [0.717, 1.165) is 5.56 Å². The Balaban J connectivity index is 2.04. The summed E-state index contributed by atoms with van der Waals surface area (Å²) in [4.78, 5) is 11.4. The van der Waals surface area contributed by atoms with Gasteiger partial charge in [-0.1, -0.05) is 42.5 Å². The lowest BCUT2D eigenvalue weighted by Gasteiger charge is -2.12. The number of methoxy groups -OCH3 is 1. The predicted octanol–water partition coefficient (Wildman–Crippen LogP) is 2.44. The van der Waals surface area contributed by atoms with Crippen LogP contribution in [0.4, 0.5) is 0 Å². The number of nitrogens with two attached hydrogens (primary N) is 1. The van der Waals surface area contributed by atoms with Gasteiger partial charge in [0.25, 0.3) is 0 Å². The summed E-state index contributed by atoms with van der Waals surface area (Å²) in [5.41, 5.74) is 7.54. The fourth-order valence-electron chi connectivity index (χ4n) is 1.80. The van der Waals surface area contributed by atoms with E-state index in [1.165, 1.54) is 7.11 Å². The number of rotatable bonds is 5. The minimum absolute atomic E-state index is 0.467. The van der Waals surface area contributed by atoms with E-state index < -0.39 is 12.0 Å². The molecule has 2 rings (SSSR count). The fraction of sp³-hybridized carbons (Fsp3) is 0.188. The summed E-state index contributed by atoms with van der Waals surface area (Å²) in [5.74, 6) is 0.205. The Morgan fingerprint density at radius 3 is 2.60 bits per heavy atom. The van der Waals surface area contributed by atoms with Gasteiger partial charge >= 0.3 is 5.97 Å². The number of hydrogen-bond donors (Lipinski definition) is 1. The molecule has 2 N–H and O–H groups in total. The van der Waals surface area contributed by atoms with Gasteiger partial charge in [-0.2, -0.15) is 0 Å². The molecule has 4 nitrogen and oxygen atoms in total. The van der Waals surface area contributed by atoms with Crippen LogP contribution < -0.4 is 10.5 Å². The van der Waals surface area contributed by atoms with Crippen LogP contribution in [-0.4, -0.2) is 13.1 Å². The van der Waals surface area contributed by atoms with Crippen LogP contribution in [0.15, 0.2) is 54.6 Å². The van der Waals surface area contributed by atoms with Crippen molar-refractivity contribution in [2.75, 3.05) is 7.11 Å². The summed E-state index contributed by atoms with van der Waals surface area (Å²) in [6.45, 7) is 0.470. The Labute approximate surface area is 118 Å². The first-order valence-electron chi connectivity index (χ1n) is 6.31. The summed E-state index contributed by atoms with van der Waals surface area (Å²) < 4.78 is 10.3. The van der Waals surface area contributed by atoms with Gasteiger partial charge in [0.2, 0.25) is 0 Å². The molecule has 0 radical (unpaired) electrons. The van der Waals surface area contributed by atoms with E-state index in [1.807, 2.05) is 36.4 Å². The average Bonchev–Trinajstić information content (AvgIpc) is 2.52. The molecule has 0 spiro atoms. The Bertz CT molecular complexity index is 569. The van der Waals surface area contributed by atoms with Crippen LogP contribution in [0, 0.1) is 0 Å². The quantitative estimate of drug-likeness (QED) is 0.848. The smallest absolute Gasteiger partial charge is 0.327 e. The molecule has 1 atom stereocenters. The number of carbonyl (C=O) groups is 1. The van der Waals surface area contributed by atoms with E-state index in [9.17, 15) is 4.79 Å². The zero-order valence-corrected chi connectivity index (χ0v) is 11.3. The molecular formula is C16H17NO3. The van der Waals surface area contributed by atoms with Gasteiger partial charge in [0.15, 0.2) is 0 Å². The molecular weight excluding hydrogens is 254 g/mol. The van der Waals surface area contributed by atoms with E-state index in [1.54, 1.807) is 18.2 Å². The van der Waals surface area contributed by atoms with Crippen molar-refractivity contribution in [2.45, 2.75) is 12.6 Å². The molecule has 0 aliphatic heterocycles. The van der Waals surface area contributed by atoms with Gasteiger partial charge < -0.3 is 15.2 Å². The first-order chi connectivity index (χ1) is 9.70. The lowest BCUT2D eigenvalue weighted by Crippen LogP contribution is -2.22. The normalized spacial score (nSPS) is 11.7. The predicted molar refractivity (Wildman–Crippen MR) is 76.2 cm³/mol. The molecule has 0 fully saturated rings. The molecule has 0 aromatic heterocycles. The molecule has 2 aromatic carbocycles. The topological polar surface area (TPSA) is 61.5 Å². The first-order valence-corrected chi connectivity index (χ1v) is 6.31. The van der Waals surface area contributed by atoms with Crippen molar-refractivity contribution in [1.29, 1.82) is 0 Å². The van der Waals surface area contributed by atoms with Crippen LogP contribution in [0.5, 0.6) is 5.75 Å². The summed E-state index contributed by atoms with van der Waals surface area (Å²) in [5, 5.41) is 0. The maximum absolute atomic E-state index is 11.4. The molecule has 0 amide bonds. The molecule has 4 heteroatoms. The maximum Gasteiger partial charge on any atom is 0.327 e. The lowest BCUT2D eigenvalue weighted by molar-refractivity contribution is -0.142. The van der Waals surface area contributed by atoms with Crippen molar-refractivity contribution < 1.29 is 14.3 Å². The SMILES string of the molecule is COC(=O)[C@H](N)c1cccc(OCc2ccccc2)c1. The molecule has 0 heterocycles. The Hall–Kier alpha value is -2.33. The van der Waals surface area contributed by atoms with E-state index in [4.69, 9.17) is 10.5 Å². The standard InChI is InChI=1S/C16H17NO3/c1-19-16(18)15(17)13-8-5-9-14(10-13)20-11-12-6-3-2-4-7-12/h2-10,15H,11,17H2,1H3/t15-/m1/s1. The van der Waals surface area contributed by atoms with Crippen LogP contribution in [0.3, 0.4) is 0 Å². The van der Waals surface area contributed by atoms with Crippen molar-refractivity contribution in [1.82, 2.24) is 0 Å². The van der Waals surface area contributed by atoms with E-state index >= 15 is 0 Å². The van der Waals surface area contributed by atoms with Gasteiger partial charge in [0.05, 0.1) is 7.11 Å². The van der Waals surface area contributed by atoms with Gasteiger partial charge in [-0.3, -0.25) is 4.79 Å². The minimum Gasteiger partial charge on any atom is -0.489 e. The number of hydrogen-bond acceptors (Lipinski definition) is 4. The third kappa shape index (κ3) is 3.59. The summed E-state index contributed by atoms with van der Waals surface area (Å²) in [6, 6.07) is 16.2. The highest BCUT2D eigenvalue weighted by Gasteiger charge is 2.16. The summed E-state index contributed by atoms with van der Waals surface area (Å²) in [7, 11) is 1.32. The molecule has 20 heavy (non-hydrogen) atoms. The largest absolute Gasteiger partial charge is 0.489 e. The third-order valence-corrected chi connectivity index (χ3v) is 2.92. The zero-order valence-electron chi connectivity index (χ0n) is 11.3. The van der Waals surface area contributed by atoms with Crippen molar-refractivity contribution in [3.8, 4) is 5.75 Å². The van der Waals surface area contributed by atoms with E-state index in [2.05, 4.69) is 4.74 Å². The lowest BCUT2D eigenvalue weighted by atomic mass is 10.1. The van der Waals surface area contributed by atoms with Gasteiger partial charge in [-0.25, -0.2) is 0 Å². The van der Waals surface area contributed by atoms with E-state index in [0.29, 0.717) is 17.9 Å². The van der Waals surface area contributed by atoms with Crippen molar-refractivity contribution in [3.05, 3.63) is 65.7 Å².